The van der Waals surface area contributed by atoms with E-state index in [1.807, 2.05) is 0 Å². The van der Waals surface area contributed by atoms with Crippen molar-refractivity contribution in [2.45, 2.75) is 31.9 Å². The molecule has 1 aromatic heterocycles. The Labute approximate surface area is 147 Å². The van der Waals surface area contributed by atoms with Gasteiger partial charge in [0, 0.05) is 42.8 Å². The van der Waals surface area contributed by atoms with Crippen molar-refractivity contribution in [1.82, 2.24) is 9.88 Å². The summed E-state index contributed by atoms with van der Waals surface area (Å²) < 4.78 is 40.2. The predicted octanol–water partition coefficient (Wildman–Crippen LogP) is 3.70. The molecule has 1 saturated carbocycles. The van der Waals surface area contributed by atoms with Gasteiger partial charge in [0.1, 0.15) is 5.82 Å². The van der Waals surface area contributed by atoms with Crippen LogP contribution in [0.5, 0.6) is 0 Å². The molecular weight excluding hydrogens is 387 g/mol. The number of anilines is 1. The van der Waals surface area contributed by atoms with Gasteiger partial charge < -0.3 is 9.80 Å². The Morgan fingerprint density at radius 3 is 2.54 bits per heavy atom. The maximum Gasteiger partial charge on any atom is 0.419 e. The molecule has 0 aromatic carbocycles. The van der Waals surface area contributed by atoms with E-state index in [9.17, 15) is 18.0 Å². The van der Waals surface area contributed by atoms with E-state index < -0.39 is 11.7 Å². The van der Waals surface area contributed by atoms with Gasteiger partial charge >= 0.3 is 6.18 Å². The highest BCUT2D eigenvalue weighted by Crippen LogP contribution is 2.37. The number of hydrogen-bond donors (Lipinski definition) is 0. The summed E-state index contributed by atoms with van der Waals surface area (Å²) in [5, 5.41) is 0. The Balaban J connectivity index is 1.75. The van der Waals surface area contributed by atoms with Gasteiger partial charge in [0.15, 0.2) is 0 Å². The van der Waals surface area contributed by atoms with Crippen LogP contribution >= 0.6 is 15.9 Å². The van der Waals surface area contributed by atoms with Gasteiger partial charge in [0.25, 0.3) is 0 Å². The van der Waals surface area contributed by atoms with E-state index in [0.717, 1.165) is 25.3 Å². The molecule has 1 aromatic rings. The zero-order valence-electron chi connectivity index (χ0n) is 13.2. The molecule has 1 saturated heterocycles. The van der Waals surface area contributed by atoms with Gasteiger partial charge in [-0.1, -0.05) is 6.42 Å². The van der Waals surface area contributed by atoms with E-state index in [-0.39, 0.29) is 17.6 Å². The number of nitrogens with zero attached hydrogens (tertiary/aromatic N) is 3. The highest BCUT2D eigenvalue weighted by atomic mass is 79.9. The van der Waals surface area contributed by atoms with Crippen LogP contribution in [-0.4, -0.2) is 42.0 Å². The van der Waals surface area contributed by atoms with Gasteiger partial charge in [-0.25, -0.2) is 4.98 Å². The van der Waals surface area contributed by atoms with Crippen molar-refractivity contribution in [3.63, 3.8) is 0 Å². The Bertz CT molecular complexity index is 619. The fourth-order valence-electron chi connectivity index (χ4n) is 3.16. The lowest BCUT2D eigenvalue weighted by Gasteiger charge is -2.31. The van der Waals surface area contributed by atoms with E-state index in [0.29, 0.717) is 37.1 Å². The molecule has 2 aliphatic rings. The van der Waals surface area contributed by atoms with E-state index >= 15 is 0 Å². The first-order chi connectivity index (χ1) is 11.4. The topological polar surface area (TPSA) is 36.4 Å². The molecule has 4 nitrogen and oxygen atoms in total. The molecule has 8 heteroatoms. The van der Waals surface area contributed by atoms with Crippen LogP contribution in [0.4, 0.5) is 19.0 Å². The quantitative estimate of drug-likeness (QED) is 0.752. The molecule has 0 unspecified atom stereocenters. The third kappa shape index (κ3) is 3.68. The monoisotopic (exact) mass is 405 g/mol. The summed E-state index contributed by atoms with van der Waals surface area (Å²) >= 11 is 3.05. The number of alkyl halides is 3. The third-order valence-electron chi connectivity index (χ3n) is 4.70. The minimum Gasteiger partial charge on any atom is -0.354 e. The molecule has 0 spiro atoms. The molecule has 0 bridgehead atoms. The van der Waals surface area contributed by atoms with Crippen molar-refractivity contribution in [1.29, 1.82) is 0 Å². The van der Waals surface area contributed by atoms with Gasteiger partial charge in [0.2, 0.25) is 5.91 Å². The maximum atomic E-state index is 13.3. The zero-order valence-corrected chi connectivity index (χ0v) is 14.7. The average molecular weight is 406 g/mol. The molecule has 2 heterocycles. The van der Waals surface area contributed by atoms with Crippen LogP contribution in [-0.2, 0) is 11.0 Å². The predicted molar refractivity (Wildman–Crippen MR) is 87.7 cm³/mol. The highest BCUT2D eigenvalue weighted by Gasteiger charge is 2.37. The van der Waals surface area contributed by atoms with Crippen LogP contribution < -0.4 is 4.90 Å². The van der Waals surface area contributed by atoms with Gasteiger partial charge in [0.05, 0.1) is 5.56 Å². The largest absolute Gasteiger partial charge is 0.419 e. The molecular formula is C16H19BrF3N3O. The lowest BCUT2D eigenvalue weighted by atomic mass is 9.84. The Morgan fingerprint density at radius 2 is 1.92 bits per heavy atom. The normalized spacial score (nSPS) is 19.8. The second kappa shape index (κ2) is 6.90. The van der Waals surface area contributed by atoms with Crippen LogP contribution in [0.25, 0.3) is 0 Å². The molecule has 0 radical (unpaired) electrons. The van der Waals surface area contributed by atoms with Crippen LogP contribution in [0, 0.1) is 5.92 Å². The summed E-state index contributed by atoms with van der Waals surface area (Å²) in [6.45, 7) is 1.89. The number of halogens is 4. The number of amides is 1. The van der Waals surface area contributed by atoms with Gasteiger partial charge in [-0.15, -0.1) is 0 Å². The molecule has 1 aliphatic carbocycles. The van der Waals surface area contributed by atoms with Crippen molar-refractivity contribution in [2.24, 2.45) is 5.92 Å². The van der Waals surface area contributed by atoms with Crippen LogP contribution in [0.3, 0.4) is 0 Å². The standard InChI is InChI=1S/C16H19BrF3N3O/c17-12-9-13(16(18,19)20)14(21-10-12)22-5-2-6-23(8-7-22)15(24)11-3-1-4-11/h9-11H,1-8H2. The SMILES string of the molecule is O=C(C1CCC1)N1CCCN(c2ncc(Br)cc2C(F)(F)F)CC1. The first kappa shape index (κ1) is 17.5. The molecule has 1 amide bonds. The summed E-state index contributed by atoms with van der Waals surface area (Å²) in [4.78, 5) is 19.8. The second-order valence-corrected chi connectivity index (χ2v) is 7.23. The minimum absolute atomic E-state index is 0.0522. The van der Waals surface area contributed by atoms with E-state index in [4.69, 9.17) is 0 Å². The fraction of sp³-hybridized carbons (Fsp3) is 0.625. The lowest BCUT2D eigenvalue weighted by Crippen LogP contribution is -2.41. The van der Waals surface area contributed by atoms with Crippen molar-refractivity contribution in [2.75, 3.05) is 31.1 Å². The highest BCUT2D eigenvalue weighted by molar-refractivity contribution is 9.10. The van der Waals surface area contributed by atoms with Gasteiger partial charge in [-0.3, -0.25) is 4.79 Å². The first-order valence-electron chi connectivity index (χ1n) is 8.13. The van der Waals surface area contributed by atoms with Crippen LogP contribution in [0.1, 0.15) is 31.2 Å². The number of rotatable bonds is 2. The van der Waals surface area contributed by atoms with Crippen molar-refractivity contribution >= 4 is 27.7 Å². The lowest BCUT2D eigenvalue weighted by molar-refractivity contribution is -0.138. The van der Waals surface area contributed by atoms with E-state index in [1.54, 1.807) is 9.80 Å². The van der Waals surface area contributed by atoms with Gasteiger partial charge in [-0.2, -0.15) is 13.2 Å². The summed E-state index contributed by atoms with van der Waals surface area (Å²) in [6, 6.07) is 1.06. The summed E-state index contributed by atoms with van der Waals surface area (Å²) in [7, 11) is 0. The maximum absolute atomic E-state index is 13.3. The molecule has 1 aliphatic heterocycles. The van der Waals surface area contributed by atoms with Gasteiger partial charge in [-0.05, 0) is 41.3 Å². The Kier molecular flexibility index (Phi) is 5.03. The number of carbonyl (C=O) groups is 1. The van der Waals surface area contributed by atoms with Crippen LogP contribution in [0.2, 0.25) is 0 Å². The molecule has 3 rings (SSSR count). The molecule has 0 N–H and O–H groups in total. The second-order valence-electron chi connectivity index (χ2n) is 6.32. The van der Waals surface area contributed by atoms with Crippen molar-refractivity contribution < 1.29 is 18.0 Å². The Morgan fingerprint density at radius 1 is 1.17 bits per heavy atom. The van der Waals surface area contributed by atoms with E-state index in [1.165, 1.54) is 6.20 Å². The first-order valence-corrected chi connectivity index (χ1v) is 8.92. The van der Waals surface area contributed by atoms with E-state index in [2.05, 4.69) is 20.9 Å². The van der Waals surface area contributed by atoms with Crippen LogP contribution in [0.15, 0.2) is 16.7 Å². The van der Waals surface area contributed by atoms with Crippen molar-refractivity contribution in [3.05, 3.63) is 22.3 Å². The smallest absolute Gasteiger partial charge is 0.354 e. The number of carbonyl (C=O) groups excluding carboxylic acids is 1. The summed E-state index contributed by atoms with van der Waals surface area (Å²) in [5.41, 5.74) is -0.740. The number of aromatic nitrogens is 1. The van der Waals surface area contributed by atoms with Crippen molar-refractivity contribution in [3.8, 4) is 0 Å². The average Bonchev–Trinajstić information content (AvgIpc) is 2.70. The minimum atomic E-state index is -4.46. The zero-order chi connectivity index (χ0) is 17.3. The molecule has 24 heavy (non-hydrogen) atoms. The number of pyridine rings is 1. The molecule has 132 valence electrons. The number of hydrogen-bond acceptors (Lipinski definition) is 3. The molecule has 0 atom stereocenters. The molecule has 2 fully saturated rings. The summed E-state index contributed by atoms with van der Waals surface area (Å²) in [6.07, 6.45) is 0.533. The summed E-state index contributed by atoms with van der Waals surface area (Å²) in [5.74, 6) is 0.222. The fourth-order valence-corrected chi connectivity index (χ4v) is 3.49. The Hall–Kier alpha value is -1.31. The third-order valence-corrected chi connectivity index (χ3v) is 5.13.